The van der Waals surface area contributed by atoms with Crippen LogP contribution in [0.4, 0.5) is 0 Å². The van der Waals surface area contributed by atoms with Crippen molar-refractivity contribution in [2.75, 3.05) is 13.7 Å². The summed E-state index contributed by atoms with van der Waals surface area (Å²) in [5.41, 5.74) is 0.358. The molecule has 3 nitrogen and oxygen atoms in total. The second-order valence-corrected chi connectivity index (χ2v) is 7.00. The Kier molecular flexibility index (Phi) is 3.13. The van der Waals surface area contributed by atoms with E-state index >= 15 is 0 Å². The average molecular weight is 251 g/mol. The smallest absolute Gasteiger partial charge is 0.309 e. The molecular weight excluding hydrogens is 226 g/mol. The van der Waals surface area contributed by atoms with Crippen molar-refractivity contribution in [1.82, 2.24) is 5.32 Å². The van der Waals surface area contributed by atoms with E-state index in [1.54, 1.807) is 0 Å². The van der Waals surface area contributed by atoms with Gasteiger partial charge in [0, 0.05) is 12.1 Å². The second kappa shape index (κ2) is 4.52. The van der Waals surface area contributed by atoms with E-state index in [1.165, 1.54) is 45.6 Å². The van der Waals surface area contributed by atoms with Gasteiger partial charge in [-0.25, -0.2) is 0 Å². The number of ether oxygens (including phenoxy) is 1. The third-order valence-corrected chi connectivity index (χ3v) is 5.43. The zero-order valence-corrected chi connectivity index (χ0v) is 11.6. The van der Waals surface area contributed by atoms with Crippen molar-refractivity contribution in [2.45, 2.75) is 51.0 Å². The van der Waals surface area contributed by atoms with Crippen LogP contribution in [0.1, 0.15) is 45.4 Å². The van der Waals surface area contributed by atoms with Crippen LogP contribution in [0.25, 0.3) is 0 Å². The Morgan fingerprint density at radius 1 is 1.22 bits per heavy atom. The number of esters is 1. The van der Waals surface area contributed by atoms with Gasteiger partial charge in [0.15, 0.2) is 0 Å². The minimum atomic E-state index is -0.0905. The Balaban J connectivity index is 1.60. The highest BCUT2D eigenvalue weighted by Gasteiger charge is 2.50. The van der Waals surface area contributed by atoms with E-state index in [1.807, 2.05) is 6.92 Å². The van der Waals surface area contributed by atoms with Crippen molar-refractivity contribution in [3.63, 3.8) is 0 Å². The Bertz CT molecular complexity index is 304. The zero-order valence-electron chi connectivity index (χ0n) is 11.6. The lowest BCUT2D eigenvalue weighted by Crippen LogP contribution is -2.59. The Morgan fingerprint density at radius 3 is 2.17 bits per heavy atom. The topological polar surface area (TPSA) is 38.3 Å². The van der Waals surface area contributed by atoms with E-state index in [4.69, 9.17) is 4.74 Å². The molecule has 1 N–H and O–H groups in total. The molecule has 18 heavy (non-hydrogen) atoms. The fraction of sp³-hybridized carbons (Fsp3) is 0.933. The molecule has 0 amide bonds. The van der Waals surface area contributed by atoms with Crippen molar-refractivity contribution >= 4 is 5.97 Å². The molecule has 0 aromatic carbocycles. The summed E-state index contributed by atoms with van der Waals surface area (Å²) in [6.45, 7) is 2.73. The summed E-state index contributed by atoms with van der Waals surface area (Å²) in [4.78, 5) is 11.5. The Morgan fingerprint density at radius 2 is 1.72 bits per heavy atom. The van der Waals surface area contributed by atoms with Crippen LogP contribution >= 0.6 is 0 Å². The standard InChI is InChI=1S/C15H25NO2/c1-10(14(17)18-2)9-16-15-6-11-3-12(7-15)5-13(4-11)8-15/h10-13,16H,3-9H2,1-2H3/t10-,11?,12?,13?,15?/m1/s1. The van der Waals surface area contributed by atoms with Gasteiger partial charge in [0.05, 0.1) is 13.0 Å². The highest BCUT2D eigenvalue weighted by molar-refractivity contribution is 5.72. The molecule has 4 aliphatic rings. The minimum absolute atomic E-state index is 0.0250. The molecule has 4 bridgehead atoms. The van der Waals surface area contributed by atoms with Crippen LogP contribution in [-0.4, -0.2) is 25.2 Å². The maximum absolute atomic E-state index is 11.5. The van der Waals surface area contributed by atoms with Crippen LogP contribution in [-0.2, 0) is 9.53 Å². The van der Waals surface area contributed by atoms with Crippen molar-refractivity contribution in [3.05, 3.63) is 0 Å². The summed E-state index contributed by atoms with van der Waals surface area (Å²) < 4.78 is 4.80. The third-order valence-electron chi connectivity index (χ3n) is 5.43. The Labute approximate surface area is 110 Å². The molecule has 0 saturated heterocycles. The molecule has 4 saturated carbocycles. The summed E-state index contributed by atoms with van der Waals surface area (Å²) in [6, 6.07) is 0. The summed E-state index contributed by atoms with van der Waals surface area (Å²) in [6.07, 6.45) is 8.42. The number of hydrogen-bond donors (Lipinski definition) is 1. The average Bonchev–Trinajstić information content (AvgIpc) is 2.33. The van der Waals surface area contributed by atoms with E-state index in [-0.39, 0.29) is 11.9 Å². The van der Waals surface area contributed by atoms with Crippen LogP contribution in [0.3, 0.4) is 0 Å². The van der Waals surface area contributed by atoms with E-state index in [2.05, 4.69) is 5.32 Å². The van der Waals surface area contributed by atoms with E-state index in [9.17, 15) is 4.79 Å². The van der Waals surface area contributed by atoms with Crippen molar-refractivity contribution in [3.8, 4) is 0 Å². The quantitative estimate of drug-likeness (QED) is 0.779. The lowest BCUT2D eigenvalue weighted by Gasteiger charge is -2.57. The van der Waals surface area contributed by atoms with Gasteiger partial charge in [0.25, 0.3) is 0 Å². The van der Waals surface area contributed by atoms with Crippen molar-refractivity contribution < 1.29 is 9.53 Å². The monoisotopic (exact) mass is 251 g/mol. The van der Waals surface area contributed by atoms with Crippen molar-refractivity contribution in [1.29, 1.82) is 0 Å². The molecule has 0 heterocycles. The van der Waals surface area contributed by atoms with Gasteiger partial charge in [-0.15, -0.1) is 0 Å². The first-order valence-electron chi connectivity index (χ1n) is 7.43. The van der Waals surface area contributed by atoms with Gasteiger partial charge >= 0.3 is 5.97 Å². The number of carbonyl (C=O) groups excluding carboxylic acids is 1. The van der Waals surface area contributed by atoms with Crippen molar-refractivity contribution in [2.24, 2.45) is 23.7 Å². The molecule has 0 aromatic rings. The van der Waals surface area contributed by atoms with E-state index in [0.29, 0.717) is 5.54 Å². The number of methoxy groups -OCH3 is 1. The summed E-state index contributed by atoms with van der Waals surface area (Å²) in [5, 5.41) is 3.74. The van der Waals surface area contributed by atoms with Gasteiger partial charge in [0.1, 0.15) is 0 Å². The maximum Gasteiger partial charge on any atom is 0.309 e. The van der Waals surface area contributed by atoms with Crippen LogP contribution in [0, 0.1) is 23.7 Å². The molecular formula is C15H25NO2. The predicted octanol–water partition coefficient (Wildman–Crippen LogP) is 2.35. The SMILES string of the molecule is COC(=O)[C@H](C)CNC12CC3CC(CC(C3)C1)C2. The van der Waals surface area contributed by atoms with Crippen LogP contribution in [0.15, 0.2) is 0 Å². The van der Waals surface area contributed by atoms with Crippen LogP contribution < -0.4 is 5.32 Å². The van der Waals surface area contributed by atoms with Gasteiger partial charge in [-0.3, -0.25) is 4.79 Å². The molecule has 4 rings (SSSR count). The summed E-state index contributed by atoms with van der Waals surface area (Å²) in [7, 11) is 1.48. The molecule has 4 aliphatic carbocycles. The van der Waals surface area contributed by atoms with Gasteiger partial charge < -0.3 is 10.1 Å². The zero-order chi connectivity index (χ0) is 12.8. The molecule has 1 atom stereocenters. The van der Waals surface area contributed by atoms with Gasteiger partial charge in [-0.05, 0) is 56.3 Å². The minimum Gasteiger partial charge on any atom is -0.469 e. The highest BCUT2D eigenvalue weighted by Crippen LogP contribution is 2.55. The predicted molar refractivity (Wildman–Crippen MR) is 70.1 cm³/mol. The fourth-order valence-corrected chi connectivity index (χ4v) is 4.98. The Hall–Kier alpha value is -0.570. The van der Waals surface area contributed by atoms with Crippen LogP contribution in [0.2, 0.25) is 0 Å². The summed E-state index contributed by atoms with van der Waals surface area (Å²) >= 11 is 0. The number of hydrogen-bond acceptors (Lipinski definition) is 3. The fourth-order valence-electron chi connectivity index (χ4n) is 4.98. The van der Waals surface area contributed by atoms with E-state index in [0.717, 1.165) is 24.3 Å². The lowest BCUT2D eigenvalue weighted by atomic mass is 9.53. The van der Waals surface area contributed by atoms with Gasteiger partial charge in [0.2, 0.25) is 0 Å². The molecule has 0 radical (unpaired) electrons. The third kappa shape index (κ3) is 2.18. The first kappa shape index (κ1) is 12.5. The van der Waals surface area contributed by atoms with Gasteiger partial charge in [-0.2, -0.15) is 0 Å². The lowest BCUT2D eigenvalue weighted by molar-refractivity contribution is -0.145. The number of carbonyl (C=O) groups is 1. The van der Waals surface area contributed by atoms with E-state index < -0.39 is 0 Å². The largest absolute Gasteiger partial charge is 0.469 e. The number of nitrogens with one attached hydrogen (secondary N) is 1. The normalized spacial score (nSPS) is 42.9. The van der Waals surface area contributed by atoms with Gasteiger partial charge in [-0.1, -0.05) is 6.92 Å². The first-order chi connectivity index (χ1) is 8.60. The maximum atomic E-state index is 11.5. The molecule has 0 unspecified atom stereocenters. The molecule has 102 valence electrons. The number of rotatable bonds is 4. The molecule has 0 spiro atoms. The molecule has 3 heteroatoms. The molecule has 4 fully saturated rings. The first-order valence-corrected chi connectivity index (χ1v) is 7.43. The highest BCUT2D eigenvalue weighted by atomic mass is 16.5. The molecule has 0 aliphatic heterocycles. The summed E-state index contributed by atoms with van der Waals surface area (Å²) in [5.74, 6) is 2.75. The second-order valence-electron chi connectivity index (χ2n) is 7.00. The van der Waals surface area contributed by atoms with Crippen LogP contribution in [0.5, 0.6) is 0 Å². The molecule has 0 aromatic heterocycles.